The number of carbonyl (C=O) groups excluding carboxylic acids is 1. The van der Waals surface area contributed by atoms with E-state index in [9.17, 15) is 9.18 Å². The van der Waals surface area contributed by atoms with Gasteiger partial charge < -0.3 is 4.90 Å². The van der Waals surface area contributed by atoms with Crippen molar-refractivity contribution < 1.29 is 9.18 Å². The van der Waals surface area contributed by atoms with Crippen molar-refractivity contribution in [1.82, 2.24) is 4.90 Å². The van der Waals surface area contributed by atoms with Crippen LogP contribution in [0, 0.1) is 5.82 Å². The molecule has 1 aromatic rings. The Bertz CT molecular complexity index is 424. The van der Waals surface area contributed by atoms with Gasteiger partial charge in [-0.25, -0.2) is 4.39 Å². The molecule has 1 unspecified atom stereocenters. The summed E-state index contributed by atoms with van der Waals surface area (Å²) < 4.78 is 13.4. The fourth-order valence-corrected chi connectivity index (χ4v) is 3.26. The highest BCUT2D eigenvalue weighted by Crippen LogP contribution is 2.18. The molecule has 18 heavy (non-hydrogen) atoms. The summed E-state index contributed by atoms with van der Waals surface area (Å²) in [6, 6.07) is 6.21. The maximum Gasteiger partial charge on any atom is 0.167 e. The molecule has 1 fully saturated rings. The lowest BCUT2D eigenvalue weighted by Gasteiger charge is -2.30. The van der Waals surface area contributed by atoms with Crippen molar-refractivity contribution in [2.24, 2.45) is 0 Å². The van der Waals surface area contributed by atoms with E-state index < -0.39 is 5.82 Å². The Morgan fingerprint density at radius 3 is 3.00 bits per heavy atom. The number of benzene rings is 1. The first kappa shape index (κ1) is 13.6. The van der Waals surface area contributed by atoms with Gasteiger partial charge in [0.2, 0.25) is 0 Å². The highest BCUT2D eigenvalue weighted by Gasteiger charge is 2.18. The van der Waals surface area contributed by atoms with Crippen molar-refractivity contribution in [3.63, 3.8) is 0 Å². The first-order valence-corrected chi connectivity index (χ1v) is 7.33. The monoisotopic (exact) mass is 267 g/mol. The average molecular weight is 267 g/mol. The summed E-state index contributed by atoms with van der Waals surface area (Å²) in [5, 5.41) is 0.627. The predicted octanol–water partition coefficient (Wildman–Crippen LogP) is 2.84. The molecule has 1 aromatic carbocycles. The van der Waals surface area contributed by atoms with E-state index >= 15 is 0 Å². The summed E-state index contributed by atoms with van der Waals surface area (Å²) in [6.45, 7) is 4.99. The van der Waals surface area contributed by atoms with E-state index in [1.54, 1.807) is 18.2 Å². The SMILES string of the molecule is CC1CN(CCC(=O)c2ccccc2F)CCS1. The van der Waals surface area contributed by atoms with Crippen molar-refractivity contribution in [2.45, 2.75) is 18.6 Å². The molecule has 0 bridgehead atoms. The Labute approximate surface area is 112 Å². The minimum absolute atomic E-state index is 0.0982. The molecule has 4 heteroatoms. The molecule has 2 rings (SSSR count). The molecule has 98 valence electrons. The van der Waals surface area contributed by atoms with Crippen molar-refractivity contribution in [2.75, 3.05) is 25.4 Å². The summed E-state index contributed by atoms with van der Waals surface area (Å²) >= 11 is 1.97. The molecule has 0 N–H and O–H groups in total. The van der Waals surface area contributed by atoms with Crippen LogP contribution in [0.2, 0.25) is 0 Å². The Morgan fingerprint density at radius 1 is 1.50 bits per heavy atom. The Hall–Kier alpha value is -0.870. The molecule has 1 aliphatic heterocycles. The van der Waals surface area contributed by atoms with Gasteiger partial charge in [0.15, 0.2) is 5.78 Å². The van der Waals surface area contributed by atoms with Crippen LogP contribution >= 0.6 is 11.8 Å². The molecule has 1 saturated heterocycles. The quantitative estimate of drug-likeness (QED) is 0.782. The summed E-state index contributed by atoms with van der Waals surface area (Å²) in [5.74, 6) is 0.610. The van der Waals surface area contributed by atoms with Crippen LogP contribution in [0.5, 0.6) is 0 Å². The number of hydrogen-bond donors (Lipinski definition) is 0. The van der Waals surface area contributed by atoms with E-state index in [4.69, 9.17) is 0 Å². The Balaban J connectivity index is 1.87. The molecular weight excluding hydrogens is 249 g/mol. The number of rotatable bonds is 4. The number of thioether (sulfide) groups is 1. The summed E-state index contributed by atoms with van der Waals surface area (Å²) in [5.41, 5.74) is 0.219. The second kappa shape index (κ2) is 6.34. The number of ketones is 1. The van der Waals surface area contributed by atoms with Gasteiger partial charge in [-0.2, -0.15) is 11.8 Å². The van der Waals surface area contributed by atoms with Crippen LogP contribution in [0.15, 0.2) is 24.3 Å². The minimum Gasteiger partial charge on any atom is -0.301 e. The van der Waals surface area contributed by atoms with Crippen molar-refractivity contribution >= 4 is 17.5 Å². The molecule has 1 atom stereocenters. The van der Waals surface area contributed by atoms with Crippen LogP contribution in [0.4, 0.5) is 4.39 Å². The second-order valence-electron chi connectivity index (χ2n) is 4.64. The number of hydrogen-bond acceptors (Lipinski definition) is 3. The highest BCUT2D eigenvalue weighted by molar-refractivity contribution is 7.99. The topological polar surface area (TPSA) is 20.3 Å². The second-order valence-corrected chi connectivity index (χ2v) is 6.18. The van der Waals surface area contributed by atoms with Crippen LogP contribution in [-0.2, 0) is 0 Å². The molecular formula is C14H18FNOS. The van der Waals surface area contributed by atoms with Crippen LogP contribution in [0.3, 0.4) is 0 Å². The molecule has 1 aliphatic rings. The standard InChI is InChI=1S/C14H18FNOS/c1-11-10-16(8-9-18-11)7-6-14(17)12-4-2-3-5-13(12)15/h2-5,11H,6-10H2,1H3. The van der Waals surface area contributed by atoms with Crippen molar-refractivity contribution in [1.29, 1.82) is 0 Å². The lowest BCUT2D eigenvalue weighted by Crippen LogP contribution is -2.37. The molecule has 0 aliphatic carbocycles. The molecule has 0 saturated carbocycles. The fraction of sp³-hybridized carbons (Fsp3) is 0.500. The van der Waals surface area contributed by atoms with E-state index in [2.05, 4.69) is 11.8 Å². The van der Waals surface area contributed by atoms with Crippen LogP contribution in [-0.4, -0.2) is 41.3 Å². The van der Waals surface area contributed by atoms with Gasteiger partial charge in [0.25, 0.3) is 0 Å². The molecule has 0 radical (unpaired) electrons. The lowest BCUT2D eigenvalue weighted by atomic mass is 10.1. The van der Waals surface area contributed by atoms with Gasteiger partial charge in [-0.15, -0.1) is 0 Å². The molecule has 2 nitrogen and oxygen atoms in total. The van der Waals surface area contributed by atoms with E-state index in [0.717, 1.165) is 25.4 Å². The molecule has 0 amide bonds. The summed E-state index contributed by atoms with van der Waals surface area (Å²) in [6.07, 6.45) is 0.401. The number of halogens is 1. The third kappa shape index (κ3) is 3.56. The number of carbonyl (C=O) groups is 1. The lowest BCUT2D eigenvalue weighted by molar-refractivity contribution is 0.0961. The highest BCUT2D eigenvalue weighted by atomic mass is 32.2. The largest absolute Gasteiger partial charge is 0.301 e. The molecule has 0 spiro atoms. The van der Waals surface area contributed by atoms with Gasteiger partial charge in [-0.05, 0) is 12.1 Å². The van der Waals surface area contributed by atoms with Gasteiger partial charge >= 0.3 is 0 Å². The Morgan fingerprint density at radius 2 is 2.28 bits per heavy atom. The van der Waals surface area contributed by atoms with Crippen molar-refractivity contribution in [3.05, 3.63) is 35.6 Å². The van der Waals surface area contributed by atoms with Crippen molar-refractivity contribution in [3.8, 4) is 0 Å². The van der Waals surface area contributed by atoms with E-state index in [-0.39, 0.29) is 11.3 Å². The smallest absolute Gasteiger partial charge is 0.167 e. The van der Waals surface area contributed by atoms with Gasteiger partial charge in [-0.1, -0.05) is 19.1 Å². The Kier molecular flexibility index (Phi) is 4.78. The first-order chi connectivity index (χ1) is 8.66. The van der Waals surface area contributed by atoms with Gasteiger partial charge in [-0.3, -0.25) is 4.79 Å². The van der Waals surface area contributed by atoms with Crippen LogP contribution in [0.1, 0.15) is 23.7 Å². The van der Waals surface area contributed by atoms with Gasteiger partial charge in [0, 0.05) is 37.1 Å². The fourth-order valence-electron chi connectivity index (χ4n) is 2.18. The maximum atomic E-state index is 13.4. The van der Waals surface area contributed by atoms with Gasteiger partial charge in [0.1, 0.15) is 5.82 Å². The van der Waals surface area contributed by atoms with Gasteiger partial charge in [0.05, 0.1) is 5.56 Å². The summed E-state index contributed by atoms with van der Waals surface area (Å²) in [7, 11) is 0. The first-order valence-electron chi connectivity index (χ1n) is 6.28. The predicted molar refractivity (Wildman–Crippen MR) is 73.7 cm³/mol. The molecule has 0 aromatic heterocycles. The zero-order valence-electron chi connectivity index (χ0n) is 10.6. The third-order valence-electron chi connectivity index (χ3n) is 3.15. The molecule has 1 heterocycles. The van der Waals surface area contributed by atoms with E-state index in [1.165, 1.54) is 6.07 Å². The number of nitrogens with zero attached hydrogens (tertiary/aromatic N) is 1. The average Bonchev–Trinajstić information content (AvgIpc) is 2.37. The van der Waals surface area contributed by atoms with Crippen LogP contribution < -0.4 is 0 Å². The zero-order valence-corrected chi connectivity index (χ0v) is 11.4. The summed E-state index contributed by atoms with van der Waals surface area (Å²) in [4.78, 5) is 14.2. The maximum absolute atomic E-state index is 13.4. The van der Waals surface area contributed by atoms with Crippen LogP contribution in [0.25, 0.3) is 0 Å². The third-order valence-corrected chi connectivity index (χ3v) is 4.29. The minimum atomic E-state index is -0.412. The van der Waals surface area contributed by atoms with E-state index in [1.807, 2.05) is 11.8 Å². The van der Waals surface area contributed by atoms with E-state index in [0.29, 0.717) is 11.7 Å². The zero-order chi connectivity index (χ0) is 13.0. The number of Topliss-reactive ketones (excluding diaryl/α,β-unsaturated/α-hetero) is 1. The normalized spacial score (nSPS) is 20.9.